The van der Waals surface area contributed by atoms with Crippen LogP contribution in [-0.2, 0) is 11.3 Å². The Kier molecular flexibility index (Phi) is 7.82. The van der Waals surface area contributed by atoms with Gasteiger partial charge < -0.3 is 30.1 Å². The zero-order chi connectivity index (χ0) is 31.8. The summed E-state index contributed by atoms with van der Waals surface area (Å²) in [6.45, 7) is 5.25. The number of amides is 1. The summed E-state index contributed by atoms with van der Waals surface area (Å²) in [4.78, 5) is 24.1. The first-order valence-electron chi connectivity index (χ1n) is 15.6. The molecule has 3 heterocycles. The maximum atomic E-state index is 16.6. The molecule has 2 fully saturated rings. The van der Waals surface area contributed by atoms with E-state index in [1.165, 1.54) is 0 Å². The molecule has 2 bridgehead atoms. The number of carbonyl (C=O) groups excluding carboxylic acids is 1. The van der Waals surface area contributed by atoms with Crippen molar-refractivity contribution in [2.24, 2.45) is 0 Å². The van der Waals surface area contributed by atoms with Crippen LogP contribution in [0.15, 0.2) is 78.9 Å². The van der Waals surface area contributed by atoms with E-state index < -0.39 is 17.4 Å². The predicted molar refractivity (Wildman–Crippen MR) is 176 cm³/mol. The van der Waals surface area contributed by atoms with Gasteiger partial charge in [-0.1, -0.05) is 60.7 Å². The molecular weight excluding hydrogens is 585 g/mol. The van der Waals surface area contributed by atoms with Gasteiger partial charge in [-0.25, -0.2) is 9.18 Å². The van der Waals surface area contributed by atoms with Gasteiger partial charge in [0.25, 0.3) is 0 Å². The SMILES string of the molecule is CC(C)(COc1nc(N2C[C@H]3CC[C@@H](C2)N3)c2ccc(-c3cc(O)cc4ccccc34)c(F)c2n1)NC(=O)OCc1ccccc1. The number of anilines is 1. The lowest BCUT2D eigenvalue weighted by Crippen LogP contribution is -2.51. The molecule has 2 atom stereocenters. The van der Waals surface area contributed by atoms with E-state index in [1.807, 2.05) is 60.7 Å². The average Bonchev–Trinajstić information content (AvgIpc) is 3.39. The molecule has 2 aliphatic rings. The molecule has 1 amide bonds. The Morgan fingerprint density at radius 2 is 1.72 bits per heavy atom. The topological polar surface area (TPSA) is 109 Å². The van der Waals surface area contributed by atoms with Gasteiger partial charge >= 0.3 is 12.1 Å². The fourth-order valence-electron chi connectivity index (χ4n) is 6.44. The molecule has 2 aliphatic heterocycles. The van der Waals surface area contributed by atoms with Crippen LogP contribution in [0.1, 0.15) is 32.3 Å². The lowest BCUT2D eigenvalue weighted by Gasteiger charge is -2.34. The fourth-order valence-corrected chi connectivity index (χ4v) is 6.44. The number of nitrogens with zero attached hydrogens (tertiary/aromatic N) is 3. The quantitative estimate of drug-likeness (QED) is 0.185. The number of piperazine rings is 1. The molecule has 0 aliphatic carbocycles. The van der Waals surface area contributed by atoms with Gasteiger partial charge in [-0.15, -0.1) is 0 Å². The van der Waals surface area contributed by atoms with E-state index in [4.69, 9.17) is 14.5 Å². The molecule has 2 saturated heterocycles. The molecule has 7 rings (SSSR count). The number of aromatic nitrogens is 2. The number of hydrogen-bond donors (Lipinski definition) is 3. The second-order valence-electron chi connectivity index (χ2n) is 12.8. The standard InChI is InChI=1S/C36H36FN5O4/c1-36(2,41-35(44)45-20-22-8-4-3-5-9-22)21-46-34-39-32-29(33(40-34)42-18-24-12-13-25(19-42)38-24)15-14-28(31(32)37)30-17-26(43)16-23-10-6-7-11-27(23)30/h3-11,14-17,24-25,38,43H,12-13,18-21H2,1-2H3,(H,41,44)/t24-,25+. The number of nitrogens with one attached hydrogen (secondary N) is 2. The Morgan fingerprint density at radius 3 is 2.50 bits per heavy atom. The van der Waals surface area contributed by atoms with Crippen LogP contribution in [-0.4, -0.2) is 58.5 Å². The summed E-state index contributed by atoms with van der Waals surface area (Å²) in [6.07, 6.45) is 1.58. The van der Waals surface area contributed by atoms with Crippen molar-refractivity contribution in [3.63, 3.8) is 0 Å². The van der Waals surface area contributed by atoms with E-state index >= 15 is 4.39 Å². The zero-order valence-electron chi connectivity index (χ0n) is 25.8. The number of phenols is 1. The lowest BCUT2D eigenvalue weighted by atomic mass is 9.96. The molecule has 0 radical (unpaired) electrons. The van der Waals surface area contributed by atoms with Crippen LogP contribution in [0.25, 0.3) is 32.8 Å². The van der Waals surface area contributed by atoms with E-state index in [0.717, 1.165) is 42.3 Å². The van der Waals surface area contributed by atoms with Gasteiger partial charge in [-0.3, -0.25) is 0 Å². The van der Waals surface area contributed by atoms with Crippen molar-refractivity contribution in [2.45, 2.75) is 50.9 Å². The van der Waals surface area contributed by atoms with Crippen LogP contribution in [0.2, 0.25) is 0 Å². The first-order chi connectivity index (χ1) is 22.2. The summed E-state index contributed by atoms with van der Waals surface area (Å²) in [5, 5.41) is 19.1. The van der Waals surface area contributed by atoms with Gasteiger partial charge in [-0.05, 0) is 66.8 Å². The molecule has 9 nitrogen and oxygen atoms in total. The van der Waals surface area contributed by atoms with Crippen LogP contribution in [0.3, 0.4) is 0 Å². The van der Waals surface area contributed by atoms with Gasteiger partial charge in [-0.2, -0.15) is 9.97 Å². The monoisotopic (exact) mass is 621 g/mol. The van der Waals surface area contributed by atoms with Gasteiger partial charge in [0.2, 0.25) is 0 Å². The Balaban J connectivity index is 1.21. The van der Waals surface area contributed by atoms with Crippen LogP contribution >= 0.6 is 0 Å². The molecule has 236 valence electrons. The van der Waals surface area contributed by atoms with Gasteiger partial charge in [0.1, 0.15) is 30.3 Å². The Bertz CT molecular complexity index is 1910. The first-order valence-corrected chi connectivity index (χ1v) is 15.6. The Hall–Kier alpha value is -4.96. The summed E-state index contributed by atoms with van der Waals surface area (Å²) in [5.74, 6) is 0.133. The number of benzene rings is 4. The number of fused-ring (bicyclic) bond motifs is 4. The number of alkyl carbamates (subject to hydrolysis) is 1. The van der Waals surface area contributed by atoms with Gasteiger partial charge in [0.15, 0.2) is 5.82 Å². The van der Waals surface area contributed by atoms with Crippen LogP contribution in [0.5, 0.6) is 11.8 Å². The third-order valence-electron chi connectivity index (χ3n) is 8.63. The van der Waals surface area contributed by atoms with Crippen molar-refractivity contribution in [3.05, 3.63) is 90.2 Å². The summed E-state index contributed by atoms with van der Waals surface area (Å²) >= 11 is 0. The molecular formula is C36H36FN5O4. The van der Waals surface area contributed by atoms with Crippen molar-refractivity contribution in [1.29, 1.82) is 0 Å². The fraction of sp³-hybridized carbons (Fsp3) is 0.306. The lowest BCUT2D eigenvalue weighted by molar-refractivity contribution is 0.118. The zero-order valence-corrected chi connectivity index (χ0v) is 25.8. The largest absolute Gasteiger partial charge is 0.508 e. The summed E-state index contributed by atoms with van der Waals surface area (Å²) in [7, 11) is 0. The summed E-state index contributed by atoms with van der Waals surface area (Å²) < 4.78 is 28.1. The maximum absolute atomic E-state index is 16.6. The van der Waals surface area contributed by atoms with Gasteiger partial charge in [0.05, 0.1) is 5.54 Å². The second-order valence-corrected chi connectivity index (χ2v) is 12.8. The van der Waals surface area contributed by atoms with E-state index in [0.29, 0.717) is 34.4 Å². The van der Waals surface area contributed by atoms with Crippen LogP contribution in [0.4, 0.5) is 15.0 Å². The predicted octanol–water partition coefficient (Wildman–Crippen LogP) is 6.32. The minimum atomic E-state index is -0.846. The van der Waals surface area contributed by atoms with E-state index in [-0.39, 0.29) is 30.5 Å². The molecule has 5 aromatic rings. The normalized spacial score (nSPS) is 17.8. The second kappa shape index (κ2) is 12.1. The number of aromatic hydroxyl groups is 1. The van der Waals surface area contributed by atoms with Crippen molar-refractivity contribution in [1.82, 2.24) is 20.6 Å². The number of hydrogen-bond acceptors (Lipinski definition) is 8. The highest BCUT2D eigenvalue weighted by Crippen LogP contribution is 2.39. The van der Waals surface area contributed by atoms with Crippen molar-refractivity contribution >= 4 is 33.6 Å². The van der Waals surface area contributed by atoms with Crippen molar-refractivity contribution in [2.75, 3.05) is 24.6 Å². The maximum Gasteiger partial charge on any atom is 0.407 e. The highest BCUT2D eigenvalue weighted by Gasteiger charge is 2.34. The highest BCUT2D eigenvalue weighted by molar-refractivity contribution is 6.01. The minimum Gasteiger partial charge on any atom is -0.508 e. The number of halogens is 1. The minimum absolute atomic E-state index is 0.0118. The third-order valence-corrected chi connectivity index (χ3v) is 8.63. The number of carbonyl (C=O) groups is 1. The molecule has 0 unspecified atom stereocenters. The number of ether oxygens (including phenoxy) is 2. The number of phenolic OH excluding ortho intramolecular Hbond substituents is 1. The highest BCUT2D eigenvalue weighted by atomic mass is 19.1. The van der Waals surface area contributed by atoms with E-state index in [1.54, 1.807) is 32.0 Å². The van der Waals surface area contributed by atoms with E-state index in [2.05, 4.69) is 20.5 Å². The Morgan fingerprint density at radius 1 is 0.978 bits per heavy atom. The van der Waals surface area contributed by atoms with Crippen LogP contribution < -0.4 is 20.3 Å². The molecule has 3 N–H and O–H groups in total. The van der Waals surface area contributed by atoms with Crippen molar-refractivity contribution < 1.29 is 23.8 Å². The van der Waals surface area contributed by atoms with Crippen molar-refractivity contribution in [3.8, 4) is 22.9 Å². The molecule has 0 saturated carbocycles. The molecule has 10 heteroatoms. The smallest absolute Gasteiger partial charge is 0.407 e. The van der Waals surface area contributed by atoms with Crippen LogP contribution in [0, 0.1) is 5.82 Å². The number of rotatable bonds is 8. The molecule has 1 aromatic heterocycles. The first kappa shape index (κ1) is 29.7. The molecule has 0 spiro atoms. The third kappa shape index (κ3) is 6.12. The van der Waals surface area contributed by atoms with Gasteiger partial charge in [0, 0.05) is 36.1 Å². The Labute approximate surface area is 266 Å². The van der Waals surface area contributed by atoms with E-state index in [9.17, 15) is 9.90 Å². The summed E-state index contributed by atoms with van der Waals surface area (Å²) in [5.41, 5.74) is 1.05. The molecule has 46 heavy (non-hydrogen) atoms. The average molecular weight is 622 g/mol. The summed E-state index contributed by atoms with van der Waals surface area (Å²) in [6, 6.07) is 24.5. The molecule has 4 aromatic carbocycles.